The molecule has 0 radical (unpaired) electrons. The Bertz CT molecular complexity index is 1070. The molecule has 146 valence electrons. The first-order valence-electron chi connectivity index (χ1n) is 9.74. The SMILES string of the molecule is O=C1OC2(CCC(C(=O)Nc3cnn(-c4ccccc4)c3)CC2)c2cccnc21. The van der Waals surface area contributed by atoms with Crippen molar-refractivity contribution in [2.45, 2.75) is 31.3 Å². The van der Waals surface area contributed by atoms with Gasteiger partial charge in [-0.05, 0) is 43.9 Å². The zero-order valence-corrected chi connectivity index (χ0v) is 15.7. The summed E-state index contributed by atoms with van der Waals surface area (Å²) in [6, 6.07) is 13.5. The van der Waals surface area contributed by atoms with Crippen molar-refractivity contribution in [1.82, 2.24) is 14.8 Å². The number of anilines is 1. The first kappa shape index (κ1) is 17.6. The summed E-state index contributed by atoms with van der Waals surface area (Å²) in [5, 5.41) is 7.28. The Morgan fingerprint density at radius 1 is 1.14 bits per heavy atom. The fraction of sp³-hybridized carbons (Fsp3) is 0.273. The van der Waals surface area contributed by atoms with Crippen LogP contribution in [0, 0.1) is 5.92 Å². The zero-order chi connectivity index (χ0) is 19.8. The summed E-state index contributed by atoms with van der Waals surface area (Å²) in [4.78, 5) is 29.1. The van der Waals surface area contributed by atoms with Crippen molar-refractivity contribution in [3.63, 3.8) is 0 Å². The van der Waals surface area contributed by atoms with Gasteiger partial charge in [0.15, 0.2) is 5.69 Å². The van der Waals surface area contributed by atoms with E-state index < -0.39 is 5.60 Å². The molecule has 29 heavy (non-hydrogen) atoms. The highest BCUT2D eigenvalue weighted by molar-refractivity contribution is 5.93. The minimum absolute atomic E-state index is 0.0248. The van der Waals surface area contributed by atoms with Gasteiger partial charge in [-0.2, -0.15) is 5.10 Å². The van der Waals surface area contributed by atoms with E-state index in [4.69, 9.17) is 4.74 Å². The molecule has 1 fully saturated rings. The van der Waals surface area contributed by atoms with Crippen LogP contribution in [0.1, 0.15) is 41.7 Å². The molecule has 0 atom stereocenters. The van der Waals surface area contributed by atoms with Crippen LogP contribution < -0.4 is 5.32 Å². The Labute approximate surface area is 167 Å². The van der Waals surface area contributed by atoms with Crippen LogP contribution >= 0.6 is 0 Å². The highest BCUT2D eigenvalue weighted by Crippen LogP contribution is 2.47. The molecule has 1 spiro atoms. The number of hydrogen-bond donors (Lipinski definition) is 1. The van der Waals surface area contributed by atoms with Gasteiger partial charge in [0.2, 0.25) is 5.91 Å². The molecule has 7 nitrogen and oxygen atoms in total. The van der Waals surface area contributed by atoms with Gasteiger partial charge in [-0.15, -0.1) is 0 Å². The number of benzene rings is 1. The molecule has 0 bridgehead atoms. The van der Waals surface area contributed by atoms with E-state index in [1.165, 1.54) is 0 Å². The number of pyridine rings is 1. The van der Waals surface area contributed by atoms with E-state index in [9.17, 15) is 9.59 Å². The van der Waals surface area contributed by atoms with Crippen molar-refractivity contribution < 1.29 is 14.3 Å². The largest absolute Gasteiger partial charge is 0.449 e. The summed E-state index contributed by atoms with van der Waals surface area (Å²) in [6.45, 7) is 0. The van der Waals surface area contributed by atoms with E-state index in [0.29, 0.717) is 37.1 Å². The first-order chi connectivity index (χ1) is 14.1. The summed E-state index contributed by atoms with van der Waals surface area (Å²) in [7, 11) is 0. The van der Waals surface area contributed by atoms with Gasteiger partial charge < -0.3 is 10.1 Å². The van der Waals surface area contributed by atoms with E-state index in [2.05, 4.69) is 15.4 Å². The number of fused-ring (bicyclic) bond motifs is 2. The van der Waals surface area contributed by atoms with Gasteiger partial charge in [0, 0.05) is 17.7 Å². The van der Waals surface area contributed by atoms with E-state index >= 15 is 0 Å². The smallest absolute Gasteiger partial charge is 0.358 e. The summed E-state index contributed by atoms with van der Waals surface area (Å²) < 4.78 is 7.44. The van der Waals surface area contributed by atoms with E-state index in [1.807, 2.05) is 42.5 Å². The van der Waals surface area contributed by atoms with Crippen LogP contribution in [0.4, 0.5) is 5.69 Å². The van der Waals surface area contributed by atoms with Crippen molar-refractivity contribution >= 4 is 17.6 Å². The molecule has 0 unspecified atom stereocenters. The maximum atomic E-state index is 12.8. The lowest BCUT2D eigenvalue weighted by Gasteiger charge is -2.35. The topological polar surface area (TPSA) is 86.1 Å². The number of nitrogens with one attached hydrogen (secondary N) is 1. The fourth-order valence-corrected chi connectivity index (χ4v) is 4.29. The number of para-hydroxylation sites is 1. The Hall–Kier alpha value is -3.48. The Kier molecular flexibility index (Phi) is 4.16. The monoisotopic (exact) mass is 388 g/mol. The van der Waals surface area contributed by atoms with Crippen LogP contribution in [-0.4, -0.2) is 26.6 Å². The number of amides is 1. The second-order valence-electron chi connectivity index (χ2n) is 7.56. The lowest BCUT2D eigenvalue weighted by atomic mass is 9.75. The van der Waals surface area contributed by atoms with Gasteiger partial charge in [0.05, 0.1) is 23.8 Å². The molecule has 3 heterocycles. The fourth-order valence-electron chi connectivity index (χ4n) is 4.29. The minimum Gasteiger partial charge on any atom is -0.449 e. The van der Waals surface area contributed by atoms with Crippen LogP contribution in [0.15, 0.2) is 61.1 Å². The average Bonchev–Trinajstić information content (AvgIpc) is 3.33. The highest BCUT2D eigenvalue weighted by Gasteiger charge is 2.49. The Balaban J connectivity index is 1.25. The molecule has 1 N–H and O–H groups in total. The van der Waals surface area contributed by atoms with Crippen LogP contribution in [0.25, 0.3) is 5.69 Å². The third-order valence-corrected chi connectivity index (χ3v) is 5.81. The normalized spacial score (nSPS) is 22.9. The predicted molar refractivity (Wildman–Crippen MR) is 105 cm³/mol. The number of ether oxygens (including phenoxy) is 1. The van der Waals surface area contributed by atoms with Gasteiger partial charge in [0.1, 0.15) is 5.60 Å². The third kappa shape index (κ3) is 3.08. The van der Waals surface area contributed by atoms with Crippen molar-refractivity contribution in [2.75, 3.05) is 5.32 Å². The second-order valence-corrected chi connectivity index (χ2v) is 7.56. The van der Waals surface area contributed by atoms with Gasteiger partial charge in [-0.1, -0.05) is 24.3 Å². The Morgan fingerprint density at radius 3 is 2.72 bits per heavy atom. The van der Waals surface area contributed by atoms with Gasteiger partial charge in [-0.3, -0.25) is 4.79 Å². The molecule has 2 aromatic heterocycles. The van der Waals surface area contributed by atoms with Crippen LogP contribution in [0.5, 0.6) is 0 Å². The number of carbonyl (C=O) groups excluding carboxylic acids is 2. The van der Waals surface area contributed by atoms with Gasteiger partial charge in [0.25, 0.3) is 0 Å². The summed E-state index contributed by atoms with van der Waals surface area (Å²) in [5.41, 5.74) is 2.23. The lowest BCUT2D eigenvalue weighted by molar-refractivity contribution is -0.122. The third-order valence-electron chi connectivity index (χ3n) is 5.81. The zero-order valence-electron chi connectivity index (χ0n) is 15.7. The van der Waals surface area contributed by atoms with Crippen molar-refractivity contribution in [2.24, 2.45) is 5.92 Å². The van der Waals surface area contributed by atoms with Gasteiger partial charge >= 0.3 is 5.97 Å². The van der Waals surface area contributed by atoms with E-state index in [-0.39, 0.29) is 17.8 Å². The lowest BCUT2D eigenvalue weighted by Crippen LogP contribution is -2.36. The molecule has 1 aromatic carbocycles. The van der Waals surface area contributed by atoms with Crippen LogP contribution in [0.3, 0.4) is 0 Å². The van der Waals surface area contributed by atoms with Gasteiger partial charge in [-0.25, -0.2) is 14.5 Å². The predicted octanol–water partition coefficient (Wildman–Crippen LogP) is 3.46. The number of hydrogen-bond acceptors (Lipinski definition) is 5. The highest BCUT2D eigenvalue weighted by atomic mass is 16.6. The quantitative estimate of drug-likeness (QED) is 0.695. The summed E-state index contributed by atoms with van der Waals surface area (Å²) in [6.07, 6.45) is 7.61. The number of aromatic nitrogens is 3. The molecule has 1 aliphatic heterocycles. The maximum absolute atomic E-state index is 12.8. The number of nitrogens with zero attached hydrogens (tertiary/aromatic N) is 3. The number of carbonyl (C=O) groups is 2. The summed E-state index contributed by atoms with van der Waals surface area (Å²) >= 11 is 0. The molecule has 7 heteroatoms. The van der Waals surface area contributed by atoms with E-state index in [0.717, 1.165) is 11.3 Å². The number of rotatable bonds is 3. The Morgan fingerprint density at radius 2 is 1.93 bits per heavy atom. The second kappa shape index (κ2) is 6.84. The summed E-state index contributed by atoms with van der Waals surface area (Å²) in [5.74, 6) is -0.514. The molecular weight excluding hydrogens is 368 g/mol. The van der Waals surface area contributed by atoms with Crippen molar-refractivity contribution in [3.05, 3.63) is 72.3 Å². The molecule has 3 aromatic rings. The molecule has 2 aliphatic rings. The molecule has 5 rings (SSSR count). The van der Waals surface area contributed by atoms with Crippen LogP contribution in [-0.2, 0) is 15.1 Å². The van der Waals surface area contributed by atoms with Crippen molar-refractivity contribution in [1.29, 1.82) is 0 Å². The van der Waals surface area contributed by atoms with E-state index in [1.54, 1.807) is 23.3 Å². The molecule has 0 saturated heterocycles. The molecule has 1 amide bonds. The van der Waals surface area contributed by atoms with Crippen LogP contribution in [0.2, 0.25) is 0 Å². The van der Waals surface area contributed by atoms with Crippen molar-refractivity contribution in [3.8, 4) is 5.69 Å². The molecular formula is C22H20N4O3. The molecule has 1 saturated carbocycles. The number of esters is 1. The minimum atomic E-state index is -0.629. The standard InChI is InChI=1S/C22H20N4O3/c27-20(25-16-13-24-26(14-16)17-5-2-1-3-6-17)15-8-10-22(11-9-15)18-7-4-12-23-19(18)21(28)29-22/h1-7,12-15H,8-11H2,(H,25,27). The maximum Gasteiger partial charge on any atom is 0.358 e. The average molecular weight is 388 g/mol. The first-order valence-corrected chi connectivity index (χ1v) is 9.74. The molecule has 1 aliphatic carbocycles.